The minimum absolute atomic E-state index is 0.0437. The SMILES string of the molecule is O=C(CCl)c1ccc(Cl)c(Cl)c1. The molecule has 0 aromatic heterocycles. The predicted molar refractivity (Wildman–Crippen MR) is 51.5 cm³/mol. The Bertz CT molecular complexity index is 309. The maximum absolute atomic E-state index is 11.0. The van der Waals surface area contributed by atoms with Crippen molar-refractivity contribution in [1.82, 2.24) is 0 Å². The molecular formula is C8H5Cl3O. The van der Waals surface area contributed by atoms with Crippen LogP contribution in [0.15, 0.2) is 18.2 Å². The van der Waals surface area contributed by atoms with Crippen LogP contribution in [0.3, 0.4) is 0 Å². The molecule has 0 atom stereocenters. The summed E-state index contributed by atoms with van der Waals surface area (Å²) in [6.07, 6.45) is 0. The fraction of sp³-hybridized carbons (Fsp3) is 0.125. The largest absolute Gasteiger partial charge is 0.293 e. The quantitative estimate of drug-likeness (QED) is 0.555. The molecule has 1 nitrogen and oxygen atoms in total. The summed E-state index contributed by atoms with van der Waals surface area (Å²) >= 11 is 16.7. The lowest BCUT2D eigenvalue weighted by molar-refractivity contribution is 0.102. The number of hydrogen-bond acceptors (Lipinski definition) is 1. The van der Waals surface area contributed by atoms with Crippen molar-refractivity contribution < 1.29 is 4.79 Å². The van der Waals surface area contributed by atoms with Crippen molar-refractivity contribution in [3.63, 3.8) is 0 Å². The van der Waals surface area contributed by atoms with Gasteiger partial charge >= 0.3 is 0 Å². The topological polar surface area (TPSA) is 17.1 Å². The molecule has 0 aliphatic rings. The third-order valence-electron chi connectivity index (χ3n) is 1.36. The molecule has 0 aliphatic carbocycles. The van der Waals surface area contributed by atoms with Gasteiger partial charge in [-0.3, -0.25) is 4.79 Å². The zero-order valence-electron chi connectivity index (χ0n) is 5.98. The van der Waals surface area contributed by atoms with Crippen molar-refractivity contribution in [3.05, 3.63) is 33.8 Å². The molecule has 1 aromatic carbocycles. The van der Waals surface area contributed by atoms with Crippen LogP contribution < -0.4 is 0 Å². The molecule has 0 saturated heterocycles. The Hall–Kier alpha value is -0.240. The summed E-state index contributed by atoms with van der Waals surface area (Å²) in [7, 11) is 0. The van der Waals surface area contributed by atoms with Gasteiger partial charge in [0.1, 0.15) is 0 Å². The van der Waals surface area contributed by atoms with Crippen molar-refractivity contribution in [2.75, 3.05) is 5.88 Å². The maximum Gasteiger partial charge on any atom is 0.177 e. The zero-order valence-corrected chi connectivity index (χ0v) is 8.25. The van der Waals surface area contributed by atoms with Gasteiger partial charge in [0.2, 0.25) is 0 Å². The van der Waals surface area contributed by atoms with Crippen LogP contribution in [0.4, 0.5) is 0 Å². The molecule has 0 aliphatic heterocycles. The first-order valence-corrected chi connectivity index (χ1v) is 4.48. The van der Waals surface area contributed by atoms with E-state index in [1.54, 1.807) is 12.1 Å². The van der Waals surface area contributed by atoms with Gasteiger partial charge in [0, 0.05) is 5.56 Å². The van der Waals surface area contributed by atoms with E-state index in [0.29, 0.717) is 15.6 Å². The molecule has 1 rings (SSSR count). The number of carbonyl (C=O) groups excluding carboxylic acids is 1. The molecule has 64 valence electrons. The highest BCUT2D eigenvalue weighted by molar-refractivity contribution is 6.42. The fourth-order valence-corrected chi connectivity index (χ4v) is 1.20. The van der Waals surface area contributed by atoms with Gasteiger partial charge in [-0.25, -0.2) is 0 Å². The van der Waals surface area contributed by atoms with Crippen molar-refractivity contribution >= 4 is 40.6 Å². The Kier molecular flexibility index (Phi) is 3.39. The van der Waals surface area contributed by atoms with Crippen LogP contribution >= 0.6 is 34.8 Å². The Morgan fingerprint density at radius 2 is 1.92 bits per heavy atom. The van der Waals surface area contributed by atoms with Gasteiger partial charge in [-0.15, -0.1) is 11.6 Å². The summed E-state index contributed by atoms with van der Waals surface area (Å²) in [5.41, 5.74) is 0.486. The predicted octanol–water partition coefficient (Wildman–Crippen LogP) is 3.41. The van der Waals surface area contributed by atoms with E-state index in [1.165, 1.54) is 6.07 Å². The highest BCUT2D eigenvalue weighted by Gasteiger charge is 2.05. The Morgan fingerprint density at radius 3 is 2.42 bits per heavy atom. The smallest absolute Gasteiger partial charge is 0.177 e. The van der Waals surface area contributed by atoms with E-state index in [-0.39, 0.29) is 11.7 Å². The number of carbonyl (C=O) groups is 1. The monoisotopic (exact) mass is 222 g/mol. The van der Waals surface area contributed by atoms with Crippen LogP contribution in [-0.4, -0.2) is 11.7 Å². The summed E-state index contributed by atoms with van der Waals surface area (Å²) in [5.74, 6) is -0.201. The molecule has 4 heteroatoms. The Labute approximate surface area is 85.2 Å². The van der Waals surface area contributed by atoms with Gasteiger partial charge in [-0.1, -0.05) is 23.2 Å². The molecule has 0 N–H and O–H groups in total. The van der Waals surface area contributed by atoms with E-state index >= 15 is 0 Å². The molecule has 0 spiro atoms. The molecule has 0 saturated carbocycles. The lowest BCUT2D eigenvalue weighted by atomic mass is 10.1. The number of halogens is 3. The normalized spacial score (nSPS) is 9.92. The van der Waals surface area contributed by atoms with E-state index < -0.39 is 0 Å². The molecule has 0 fully saturated rings. The molecule has 0 unspecified atom stereocenters. The number of benzene rings is 1. The standard InChI is InChI=1S/C8H5Cl3O/c9-4-8(12)5-1-2-6(10)7(11)3-5/h1-3H,4H2. The average molecular weight is 223 g/mol. The van der Waals surface area contributed by atoms with Crippen molar-refractivity contribution in [1.29, 1.82) is 0 Å². The molecule has 0 amide bonds. The van der Waals surface area contributed by atoms with Crippen LogP contribution in [0, 0.1) is 0 Å². The first-order valence-electron chi connectivity index (χ1n) is 3.19. The molecule has 0 bridgehead atoms. The summed E-state index contributed by atoms with van der Waals surface area (Å²) < 4.78 is 0. The highest BCUT2D eigenvalue weighted by atomic mass is 35.5. The van der Waals surface area contributed by atoms with E-state index in [9.17, 15) is 4.79 Å². The van der Waals surface area contributed by atoms with Gasteiger partial charge in [0.15, 0.2) is 5.78 Å². The van der Waals surface area contributed by atoms with Gasteiger partial charge in [0.25, 0.3) is 0 Å². The van der Waals surface area contributed by atoms with Crippen LogP contribution in [0.2, 0.25) is 10.0 Å². The summed E-state index contributed by atoms with van der Waals surface area (Å²) in [6, 6.07) is 4.68. The third kappa shape index (κ3) is 2.13. The van der Waals surface area contributed by atoms with Crippen molar-refractivity contribution in [2.24, 2.45) is 0 Å². The number of hydrogen-bond donors (Lipinski definition) is 0. The first kappa shape index (κ1) is 9.85. The average Bonchev–Trinajstić information content (AvgIpc) is 2.08. The van der Waals surface area contributed by atoms with Crippen LogP contribution in [0.5, 0.6) is 0 Å². The molecule has 0 radical (unpaired) electrons. The third-order valence-corrected chi connectivity index (χ3v) is 2.34. The van der Waals surface area contributed by atoms with Gasteiger partial charge < -0.3 is 0 Å². The molecule has 0 heterocycles. The number of Topliss-reactive ketones (excluding diaryl/α,β-unsaturated/α-hetero) is 1. The first-order chi connectivity index (χ1) is 5.65. The second kappa shape index (κ2) is 4.13. The van der Waals surface area contributed by atoms with Crippen LogP contribution in [0.25, 0.3) is 0 Å². The lowest BCUT2D eigenvalue weighted by Gasteiger charge is -1.98. The number of alkyl halides is 1. The summed E-state index contributed by atoms with van der Waals surface area (Å²) in [4.78, 5) is 11.0. The van der Waals surface area contributed by atoms with Crippen LogP contribution in [0.1, 0.15) is 10.4 Å². The van der Waals surface area contributed by atoms with Crippen molar-refractivity contribution in [2.45, 2.75) is 0 Å². The molecule has 1 aromatic rings. The number of rotatable bonds is 2. The lowest BCUT2D eigenvalue weighted by Crippen LogP contribution is -1.99. The highest BCUT2D eigenvalue weighted by Crippen LogP contribution is 2.22. The maximum atomic E-state index is 11.0. The summed E-state index contributed by atoms with van der Waals surface area (Å²) in [6.45, 7) is 0. The minimum Gasteiger partial charge on any atom is -0.293 e. The zero-order chi connectivity index (χ0) is 9.14. The van der Waals surface area contributed by atoms with Crippen LogP contribution in [-0.2, 0) is 0 Å². The van der Waals surface area contributed by atoms with Gasteiger partial charge in [0.05, 0.1) is 15.9 Å². The van der Waals surface area contributed by atoms with E-state index in [0.717, 1.165) is 0 Å². The molecule has 12 heavy (non-hydrogen) atoms. The van der Waals surface area contributed by atoms with E-state index in [2.05, 4.69) is 0 Å². The van der Waals surface area contributed by atoms with Crippen molar-refractivity contribution in [3.8, 4) is 0 Å². The Morgan fingerprint density at radius 1 is 1.25 bits per heavy atom. The van der Waals surface area contributed by atoms with E-state index in [4.69, 9.17) is 34.8 Å². The minimum atomic E-state index is -0.157. The second-order valence-corrected chi connectivity index (χ2v) is 3.27. The van der Waals surface area contributed by atoms with E-state index in [1.807, 2.05) is 0 Å². The second-order valence-electron chi connectivity index (χ2n) is 2.19. The fourth-order valence-electron chi connectivity index (χ4n) is 0.747. The summed E-state index contributed by atoms with van der Waals surface area (Å²) in [5, 5.41) is 0.801. The number of ketones is 1. The van der Waals surface area contributed by atoms with Gasteiger partial charge in [-0.2, -0.15) is 0 Å². The Balaban J connectivity index is 3.05. The molecular weight excluding hydrogens is 218 g/mol. The van der Waals surface area contributed by atoms with Gasteiger partial charge in [-0.05, 0) is 18.2 Å².